The van der Waals surface area contributed by atoms with Crippen LogP contribution in [-0.2, 0) is 6.42 Å². The van der Waals surface area contributed by atoms with E-state index in [1.54, 1.807) is 0 Å². The summed E-state index contributed by atoms with van der Waals surface area (Å²) in [5.41, 5.74) is 8.72. The van der Waals surface area contributed by atoms with Gasteiger partial charge in [-0.2, -0.15) is 0 Å². The Hall–Kier alpha value is -1.31. The van der Waals surface area contributed by atoms with E-state index in [0.717, 1.165) is 12.8 Å². The molecule has 2 heteroatoms. The van der Waals surface area contributed by atoms with E-state index < -0.39 is 0 Å². The molecular formula is C15H18ClN. The fourth-order valence-electron chi connectivity index (χ4n) is 1.83. The average molecular weight is 248 g/mol. The molecule has 0 aliphatic rings. The number of halogens is 1. The average Bonchev–Trinajstić information content (AvgIpc) is 2.38. The second-order valence-electron chi connectivity index (χ2n) is 4.04. The smallest absolute Gasteiger partial charge is 0.0298 e. The highest BCUT2D eigenvalue weighted by atomic mass is 35.5. The van der Waals surface area contributed by atoms with Gasteiger partial charge in [0, 0.05) is 6.04 Å². The van der Waals surface area contributed by atoms with Gasteiger partial charge in [-0.25, -0.2) is 0 Å². The summed E-state index contributed by atoms with van der Waals surface area (Å²) in [6.07, 6.45) is 2.03. The molecule has 0 fully saturated rings. The van der Waals surface area contributed by atoms with Crippen molar-refractivity contribution in [3.63, 3.8) is 0 Å². The first-order chi connectivity index (χ1) is 7.86. The van der Waals surface area contributed by atoms with Gasteiger partial charge in [0.05, 0.1) is 0 Å². The van der Waals surface area contributed by atoms with E-state index in [2.05, 4.69) is 36.4 Å². The van der Waals surface area contributed by atoms with E-state index >= 15 is 0 Å². The summed E-state index contributed by atoms with van der Waals surface area (Å²) in [6.45, 7) is 0. The summed E-state index contributed by atoms with van der Waals surface area (Å²) in [6, 6.07) is 20.9. The first-order valence-electron chi connectivity index (χ1n) is 5.71. The summed E-state index contributed by atoms with van der Waals surface area (Å²) >= 11 is 0. The van der Waals surface area contributed by atoms with E-state index in [1.807, 2.05) is 24.3 Å². The fraction of sp³-hybridized carbons (Fsp3) is 0.200. The first kappa shape index (κ1) is 13.8. The highest BCUT2D eigenvalue weighted by molar-refractivity contribution is 5.85. The van der Waals surface area contributed by atoms with Gasteiger partial charge in [-0.1, -0.05) is 60.7 Å². The van der Waals surface area contributed by atoms with Gasteiger partial charge in [0.25, 0.3) is 0 Å². The van der Waals surface area contributed by atoms with Crippen molar-refractivity contribution in [1.82, 2.24) is 0 Å². The molecule has 0 spiro atoms. The molecule has 1 atom stereocenters. The predicted molar refractivity (Wildman–Crippen MR) is 75.4 cm³/mol. The van der Waals surface area contributed by atoms with Gasteiger partial charge in [0.2, 0.25) is 0 Å². The molecule has 17 heavy (non-hydrogen) atoms. The Balaban J connectivity index is 0.00000144. The number of hydrogen-bond acceptors (Lipinski definition) is 1. The van der Waals surface area contributed by atoms with Crippen LogP contribution in [0, 0.1) is 0 Å². The number of aryl methyl sites for hydroxylation is 1. The summed E-state index contributed by atoms with van der Waals surface area (Å²) in [5.74, 6) is 0. The van der Waals surface area contributed by atoms with Crippen LogP contribution in [0.3, 0.4) is 0 Å². The minimum atomic E-state index is 0. The maximum absolute atomic E-state index is 6.14. The second kappa shape index (κ2) is 7.10. The molecule has 0 bridgehead atoms. The van der Waals surface area contributed by atoms with Crippen molar-refractivity contribution in [2.45, 2.75) is 18.9 Å². The zero-order valence-electron chi connectivity index (χ0n) is 9.75. The predicted octanol–water partition coefficient (Wildman–Crippen LogP) is 3.74. The van der Waals surface area contributed by atoms with E-state index in [9.17, 15) is 0 Å². The molecule has 0 unspecified atom stereocenters. The highest BCUT2D eigenvalue weighted by Gasteiger charge is 2.04. The molecule has 0 aliphatic heterocycles. The lowest BCUT2D eigenvalue weighted by Crippen LogP contribution is -2.11. The fourth-order valence-corrected chi connectivity index (χ4v) is 1.83. The van der Waals surface area contributed by atoms with Crippen molar-refractivity contribution in [3.05, 3.63) is 71.8 Å². The Bertz CT molecular complexity index is 413. The first-order valence-corrected chi connectivity index (χ1v) is 5.71. The minimum absolute atomic E-state index is 0. The minimum Gasteiger partial charge on any atom is -0.324 e. The van der Waals surface area contributed by atoms with E-state index in [1.165, 1.54) is 11.1 Å². The van der Waals surface area contributed by atoms with Crippen LogP contribution in [0.25, 0.3) is 0 Å². The molecular weight excluding hydrogens is 230 g/mol. The maximum Gasteiger partial charge on any atom is 0.0298 e. The van der Waals surface area contributed by atoms with Crippen LogP contribution in [0.15, 0.2) is 60.7 Å². The van der Waals surface area contributed by atoms with Crippen LogP contribution < -0.4 is 5.73 Å². The molecule has 2 N–H and O–H groups in total. The third-order valence-electron chi connectivity index (χ3n) is 2.81. The molecule has 0 radical (unpaired) electrons. The van der Waals surface area contributed by atoms with Gasteiger partial charge in [-0.05, 0) is 24.0 Å². The molecule has 2 aromatic rings. The standard InChI is InChI=1S/C15H17N.ClH/c16-15(14-9-5-2-6-10-14)12-11-13-7-3-1-4-8-13;/h1-10,15H,11-12,16H2;1H/t15-;/m0./s1. The summed E-state index contributed by atoms with van der Waals surface area (Å²) in [5, 5.41) is 0. The highest BCUT2D eigenvalue weighted by Crippen LogP contribution is 2.16. The molecule has 0 amide bonds. The van der Waals surface area contributed by atoms with Crippen molar-refractivity contribution in [2.24, 2.45) is 5.73 Å². The third-order valence-corrected chi connectivity index (χ3v) is 2.81. The maximum atomic E-state index is 6.14. The second-order valence-corrected chi connectivity index (χ2v) is 4.04. The lowest BCUT2D eigenvalue weighted by atomic mass is 10.00. The van der Waals surface area contributed by atoms with E-state index in [4.69, 9.17) is 5.73 Å². The van der Waals surface area contributed by atoms with Gasteiger partial charge >= 0.3 is 0 Å². The van der Waals surface area contributed by atoms with Gasteiger partial charge < -0.3 is 5.73 Å². The number of rotatable bonds is 4. The SMILES string of the molecule is Cl.N[C@@H](CCc1ccccc1)c1ccccc1. The van der Waals surface area contributed by atoms with Gasteiger partial charge in [0.1, 0.15) is 0 Å². The van der Waals surface area contributed by atoms with Crippen LogP contribution in [0.5, 0.6) is 0 Å². The molecule has 1 nitrogen and oxygen atoms in total. The quantitative estimate of drug-likeness (QED) is 0.875. The Kier molecular flexibility index (Phi) is 5.75. The Morgan fingerprint density at radius 1 is 0.824 bits per heavy atom. The molecule has 0 aromatic heterocycles. The van der Waals surface area contributed by atoms with Crippen LogP contribution in [-0.4, -0.2) is 0 Å². The van der Waals surface area contributed by atoms with Crippen molar-refractivity contribution in [2.75, 3.05) is 0 Å². The lowest BCUT2D eigenvalue weighted by Gasteiger charge is -2.11. The van der Waals surface area contributed by atoms with Crippen molar-refractivity contribution in [1.29, 1.82) is 0 Å². The van der Waals surface area contributed by atoms with Gasteiger partial charge in [-0.15, -0.1) is 12.4 Å². The number of nitrogens with two attached hydrogens (primary N) is 1. The largest absolute Gasteiger partial charge is 0.324 e. The molecule has 0 saturated carbocycles. The molecule has 90 valence electrons. The van der Waals surface area contributed by atoms with E-state index in [-0.39, 0.29) is 18.4 Å². The lowest BCUT2D eigenvalue weighted by molar-refractivity contribution is 0.651. The monoisotopic (exact) mass is 247 g/mol. The summed E-state index contributed by atoms with van der Waals surface area (Å²) in [4.78, 5) is 0. The molecule has 0 heterocycles. The number of hydrogen-bond donors (Lipinski definition) is 1. The van der Waals surface area contributed by atoms with Crippen molar-refractivity contribution < 1.29 is 0 Å². The van der Waals surface area contributed by atoms with Crippen LogP contribution in [0.4, 0.5) is 0 Å². The zero-order valence-corrected chi connectivity index (χ0v) is 10.6. The summed E-state index contributed by atoms with van der Waals surface area (Å²) < 4.78 is 0. The van der Waals surface area contributed by atoms with Crippen molar-refractivity contribution >= 4 is 12.4 Å². The molecule has 0 aliphatic carbocycles. The Labute approximate surface area is 109 Å². The normalized spacial score (nSPS) is 11.6. The topological polar surface area (TPSA) is 26.0 Å². The Morgan fingerprint density at radius 2 is 1.35 bits per heavy atom. The van der Waals surface area contributed by atoms with Crippen LogP contribution in [0.2, 0.25) is 0 Å². The molecule has 0 saturated heterocycles. The molecule has 2 rings (SSSR count). The van der Waals surface area contributed by atoms with Gasteiger partial charge in [-0.3, -0.25) is 0 Å². The molecule has 2 aromatic carbocycles. The van der Waals surface area contributed by atoms with Crippen LogP contribution >= 0.6 is 12.4 Å². The summed E-state index contributed by atoms with van der Waals surface area (Å²) in [7, 11) is 0. The zero-order chi connectivity index (χ0) is 11.2. The third kappa shape index (κ3) is 4.22. The van der Waals surface area contributed by atoms with Crippen molar-refractivity contribution in [3.8, 4) is 0 Å². The van der Waals surface area contributed by atoms with E-state index in [0.29, 0.717) is 0 Å². The van der Waals surface area contributed by atoms with Gasteiger partial charge in [0.15, 0.2) is 0 Å². The Morgan fingerprint density at radius 3 is 1.94 bits per heavy atom. The van der Waals surface area contributed by atoms with Crippen LogP contribution in [0.1, 0.15) is 23.6 Å². The number of benzene rings is 2.